The lowest BCUT2D eigenvalue weighted by atomic mass is 10.2. The number of nitrogens with one attached hydrogen (secondary N) is 2. The Balaban J connectivity index is 1.75. The third-order valence-electron chi connectivity index (χ3n) is 3.39. The number of benzene rings is 2. The number of carbonyl (C=O) groups excluding carboxylic acids is 1. The number of hydrogen-bond donors (Lipinski definition) is 2. The molecule has 1 amide bonds. The summed E-state index contributed by atoms with van der Waals surface area (Å²) in [5.41, 5.74) is 0.179. The highest BCUT2D eigenvalue weighted by Crippen LogP contribution is 2.19. The van der Waals surface area contributed by atoms with Crippen molar-refractivity contribution < 1.29 is 17.6 Å². The predicted octanol–water partition coefficient (Wildman–Crippen LogP) is 3.43. The van der Waals surface area contributed by atoms with Crippen LogP contribution in [0, 0.1) is 5.82 Å². The van der Waals surface area contributed by atoms with E-state index in [1.165, 1.54) is 54.9 Å². The van der Waals surface area contributed by atoms with E-state index < -0.39 is 21.7 Å². The van der Waals surface area contributed by atoms with Crippen molar-refractivity contribution >= 4 is 43.5 Å². The lowest BCUT2D eigenvalue weighted by molar-refractivity contribution is 0.102. The van der Waals surface area contributed by atoms with Crippen LogP contribution in [0.4, 0.5) is 16.0 Å². The molecule has 0 atom stereocenters. The van der Waals surface area contributed by atoms with Gasteiger partial charge >= 0.3 is 0 Å². The molecule has 0 aliphatic rings. The second kappa shape index (κ2) is 7.80. The van der Waals surface area contributed by atoms with Gasteiger partial charge in [-0.3, -0.25) is 4.79 Å². The number of anilines is 2. The molecule has 1 aromatic heterocycles. The molecule has 3 rings (SSSR count). The zero-order valence-corrected chi connectivity index (χ0v) is 16.0. The van der Waals surface area contributed by atoms with E-state index in [0.717, 1.165) is 0 Å². The van der Waals surface area contributed by atoms with Crippen LogP contribution in [0.2, 0.25) is 0 Å². The van der Waals surface area contributed by atoms with Crippen molar-refractivity contribution in [2.45, 2.75) is 4.90 Å². The minimum Gasteiger partial charge on any atom is -0.322 e. The maximum absolute atomic E-state index is 13.8. The van der Waals surface area contributed by atoms with E-state index in [4.69, 9.17) is 0 Å². The molecule has 7 nitrogen and oxygen atoms in total. The molecule has 0 saturated carbocycles. The van der Waals surface area contributed by atoms with E-state index in [1.54, 1.807) is 6.07 Å². The summed E-state index contributed by atoms with van der Waals surface area (Å²) in [5, 5.41) is 2.51. The van der Waals surface area contributed by atoms with Gasteiger partial charge in [0.1, 0.15) is 5.82 Å². The number of halogens is 2. The first-order valence-corrected chi connectivity index (χ1v) is 9.79. The van der Waals surface area contributed by atoms with Crippen molar-refractivity contribution in [1.29, 1.82) is 0 Å². The first kappa shape index (κ1) is 18.9. The Morgan fingerprint density at radius 2 is 1.70 bits per heavy atom. The molecule has 0 unspecified atom stereocenters. The molecule has 0 aliphatic heterocycles. The molecule has 1 heterocycles. The molecule has 0 fully saturated rings. The third-order valence-corrected chi connectivity index (χ3v) is 5.22. The average molecular weight is 451 g/mol. The summed E-state index contributed by atoms with van der Waals surface area (Å²) in [7, 11) is -3.88. The van der Waals surface area contributed by atoms with Gasteiger partial charge in [-0.25, -0.2) is 27.5 Å². The summed E-state index contributed by atoms with van der Waals surface area (Å²) >= 11 is 3.18. The van der Waals surface area contributed by atoms with Gasteiger partial charge in [0.15, 0.2) is 0 Å². The predicted molar refractivity (Wildman–Crippen MR) is 101 cm³/mol. The van der Waals surface area contributed by atoms with Crippen LogP contribution in [-0.2, 0) is 10.0 Å². The van der Waals surface area contributed by atoms with Crippen molar-refractivity contribution in [2.75, 3.05) is 10.0 Å². The molecule has 0 radical (unpaired) electrons. The Morgan fingerprint density at radius 1 is 1.04 bits per heavy atom. The third kappa shape index (κ3) is 4.66. The summed E-state index contributed by atoms with van der Waals surface area (Å²) in [4.78, 5) is 19.7. The first-order valence-electron chi connectivity index (χ1n) is 7.51. The van der Waals surface area contributed by atoms with Gasteiger partial charge in [-0.05, 0) is 48.5 Å². The Morgan fingerprint density at radius 3 is 2.37 bits per heavy atom. The van der Waals surface area contributed by atoms with Gasteiger partial charge in [0.25, 0.3) is 15.9 Å². The van der Waals surface area contributed by atoms with Crippen LogP contribution in [0.5, 0.6) is 0 Å². The summed E-state index contributed by atoms with van der Waals surface area (Å²) in [6.07, 6.45) is 2.81. The second-order valence-corrected chi connectivity index (χ2v) is 7.88. The Labute approximate surface area is 162 Å². The van der Waals surface area contributed by atoms with Crippen LogP contribution < -0.4 is 10.0 Å². The molecule has 0 bridgehead atoms. The van der Waals surface area contributed by atoms with E-state index in [0.29, 0.717) is 10.2 Å². The highest BCUT2D eigenvalue weighted by molar-refractivity contribution is 9.10. The van der Waals surface area contributed by atoms with Crippen LogP contribution in [0.15, 0.2) is 70.3 Å². The minimum atomic E-state index is -3.88. The fourth-order valence-corrected chi connectivity index (χ4v) is 3.44. The van der Waals surface area contributed by atoms with Gasteiger partial charge in [-0.15, -0.1) is 0 Å². The van der Waals surface area contributed by atoms with Gasteiger partial charge in [0, 0.05) is 22.6 Å². The number of nitrogens with zero attached hydrogens (tertiary/aromatic N) is 2. The van der Waals surface area contributed by atoms with Crippen LogP contribution in [-0.4, -0.2) is 24.3 Å². The normalized spacial score (nSPS) is 11.0. The second-order valence-electron chi connectivity index (χ2n) is 5.28. The van der Waals surface area contributed by atoms with Crippen molar-refractivity contribution in [1.82, 2.24) is 9.97 Å². The zero-order valence-electron chi connectivity index (χ0n) is 13.6. The van der Waals surface area contributed by atoms with Crippen LogP contribution in [0.25, 0.3) is 0 Å². The van der Waals surface area contributed by atoms with Crippen molar-refractivity contribution in [3.63, 3.8) is 0 Å². The first-order chi connectivity index (χ1) is 12.8. The maximum atomic E-state index is 13.8. The minimum absolute atomic E-state index is 0.0402. The van der Waals surface area contributed by atoms with Crippen molar-refractivity contribution in [3.8, 4) is 0 Å². The lowest BCUT2D eigenvalue weighted by Crippen LogP contribution is -2.16. The molecule has 2 aromatic carbocycles. The Bertz CT molecular complexity index is 1080. The SMILES string of the molecule is O=C(Nc1ccc(S(=O)(=O)Nc2ncccn2)cc1)c1cc(Br)ccc1F. The topological polar surface area (TPSA) is 101 Å². The molecule has 27 heavy (non-hydrogen) atoms. The molecule has 2 N–H and O–H groups in total. The van der Waals surface area contributed by atoms with E-state index in [9.17, 15) is 17.6 Å². The molecular weight excluding hydrogens is 439 g/mol. The molecule has 0 saturated heterocycles. The van der Waals surface area contributed by atoms with Gasteiger partial charge in [-0.2, -0.15) is 0 Å². The smallest absolute Gasteiger partial charge is 0.264 e. The lowest BCUT2D eigenvalue weighted by Gasteiger charge is -2.09. The summed E-state index contributed by atoms with van der Waals surface area (Å²) < 4.78 is 41.2. The van der Waals surface area contributed by atoms with Crippen molar-refractivity contribution in [2.24, 2.45) is 0 Å². The number of sulfonamides is 1. The number of amides is 1. The summed E-state index contributed by atoms with van der Waals surface area (Å²) in [6.45, 7) is 0. The van der Waals surface area contributed by atoms with Crippen LogP contribution in [0.1, 0.15) is 10.4 Å². The molecule has 10 heteroatoms. The number of carbonyl (C=O) groups is 1. The molecule has 138 valence electrons. The molecule has 0 aliphatic carbocycles. The zero-order chi connectivity index (χ0) is 19.4. The maximum Gasteiger partial charge on any atom is 0.264 e. The fraction of sp³-hybridized carbons (Fsp3) is 0. The Kier molecular flexibility index (Phi) is 5.47. The quantitative estimate of drug-likeness (QED) is 0.619. The number of hydrogen-bond acceptors (Lipinski definition) is 5. The van der Waals surface area contributed by atoms with Gasteiger partial charge in [0.05, 0.1) is 10.5 Å². The van der Waals surface area contributed by atoms with Gasteiger partial charge in [-0.1, -0.05) is 15.9 Å². The highest BCUT2D eigenvalue weighted by atomic mass is 79.9. The molecule has 0 spiro atoms. The van der Waals surface area contributed by atoms with E-state index in [1.807, 2.05) is 0 Å². The average Bonchev–Trinajstić information content (AvgIpc) is 2.64. The van der Waals surface area contributed by atoms with Gasteiger partial charge < -0.3 is 5.32 Å². The molecule has 3 aromatic rings. The number of rotatable bonds is 5. The van der Waals surface area contributed by atoms with E-state index >= 15 is 0 Å². The summed E-state index contributed by atoms with van der Waals surface area (Å²) in [5.74, 6) is -1.37. The van der Waals surface area contributed by atoms with Crippen LogP contribution in [0.3, 0.4) is 0 Å². The standard InChI is InChI=1S/C17H12BrFN4O3S/c18-11-2-7-15(19)14(10-11)16(24)22-12-3-5-13(6-4-12)27(25,26)23-17-20-8-1-9-21-17/h1-10H,(H,22,24)(H,20,21,23). The fourth-order valence-electron chi connectivity index (χ4n) is 2.12. The highest BCUT2D eigenvalue weighted by Gasteiger charge is 2.16. The largest absolute Gasteiger partial charge is 0.322 e. The van der Waals surface area contributed by atoms with Gasteiger partial charge in [0.2, 0.25) is 5.95 Å². The van der Waals surface area contributed by atoms with E-state index in [2.05, 4.69) is 35.9 Å². The van der Waals surface area contributed by atoms with E-state index in [-0.39, 0.29) is 16.4 Å². The van der Waals surface area contributed by atoms with Crippen LogP contribution >= 0.6 is 15.9 Å². The number of aromatic nitrogens is 2. The monoisotopic (exact) mass is 450 g/mol. The Hall–Kier alpha value is -2.85. The summed E-state index contributed by atoms with van der Waals surface area (Å²) in [6, 6.07) is 11.0. The molecular formula is C17H12BrFN4O3S. The van der Waals surface area contributed by atoms with Crippen molar-refractivity contribution in [3.05, 3.63) is 76.8 Å².